The molecule has 6 aromatic heterocycles. The van der Waals surface area contributed by atoms with Crippen molar-refractivity contribution >= 4 is 12.4 Å². The molecule has 10 heteroatoms. The van der Waals surface area contributed by atoms with E-state index < -0.39 is 5.97 Å². The van der Waals surface area contributed by atoms with E-state index in [1.54, 1.807) is 30.6 Å². The van der Waals surface area contributed by atoms with Crippen LogP contribution in [0.1, 0.15) is 15.9 Å². The number of nitrogens with zero attached hydrogens (tertiary/aromatic N) is 6. The number of carbonyl (C=O) groups is 2. The predicted octanol–water partition coefficient (Wildman–Crippen LogP) is 7.60. The summed E-state index contributed by atoms with van der Waals surface area (Å²) < 4.78 is 4.85. The standard InChI is InChI=1S/C39H26N6O4/c1-24-2-8-35(40-17-24)36-10-3-25(18-42-36)29-14-30(26-4-11-37(43-19-26)38-12-6-28(21-44-38)39(47)48)16-31(15-29)34-9-5-27(20-41-34)33-13-7-32(22-45-33)49-23-46/h2-23H,1H3,(H,47,48). The molecule has 0 unspecified atom stereocenters. The molecule has 0 aliphatic rings. The molecule has 0 saturated heterocycles. The molecule has 49 heavy (non-hydrogen) atoms. The minimum Gasteiger partial charge on any atom is -0.478 e. The third-order valence-corrected chi connectivity index (χ3v) is 7.85. The topological polar surface area (TPSA) is 141 Å². The van der Waals surface area contributed by atoms with Gasteiger partial charge in [-0.2, -0.15) is 0 Å². The van der Waals surface area contributed by atoms with Gasteiger partial charge in [-0.15, -0.1) is 0 Å². The van der Waals surface area contributed by atoms with Crippen molar-refractivity contribution in [3.05, 3.63) is 139 Å². The van der Waals surface area contributed by atoms with E-state index in [1.165, 1.54) is 18.5 Å². The smallest absolute Gasteiger partial charge is 0.337 e. The molecular weight excluding hydrogens is 616 g/mol. The summed E-state index contributed by atoms with van der Waals surface area (Å²) in [6, 6.07) is 28.5. The number of rotatable bonds is 9. The fourth-order valence-corrected chi connectivity index (χ4v) is 5.22. The van der Waals surface area contributed by atoms with Crippen LogP contribution in [0, 0.1) is 6.92 Å². The summed E-state index contributed by atoms with van der Waals surface area (Å²) in [7, 11) is 0. The number of hydrogen-bond acceptors (Lipinski definition) is 9. The number of aromatic nitrogens is 6. The Labute approximate surface area is 280 Å². The van der Waals surface area contributed by atoms with Gasteiger partial charge in [-0.25, -0.2) is 4.79 Å². The molecule has 0 spiro atoms. The monoisotopic (exact) mass is 642 g/mol. The molecular formula is C39H26N6O4. The van der Waals surface area contributed by atoms with Crippen molar-refractivity contribution in [1.29, 1.82) is 0 Å². The van der Waals surface area contributed by atoms with Crippen molar-refractivity contribution in [1.82, 2.24) is 29.9 Å². The van der Waals surface area contributed by atoms with Crippen molar-refractivity contribution < 1.29 is 19.4 Å². The SMILES string of the molecule is Cc1ccc(-c2ccc(-c3cc(-c4ccc(-c5ccc(C(=O)O)cn5)nc4)cc(-c4ccc(-c5ccc(OC=O)cn5)cn4)c3)cn2)nc1. The van der Waals surface area contributed by atoms with Crippen LogP contribution in [-0.4, -0.2) is 47.5 Å². The average Bonchev–Trinajstić information content (AvgIpc) is 3.16. The van der Waals surface area contributed by atoms with Gasteiger partial charge in [0.1, 0.15) is 5.75 Å². The molecule has 1 aromatic carbocycles. The molecule has 0 aliphatic carbocycles. The highest BCUT2D eigenvalue weighted by Gasteiger charge is 2.12. The molecule has 0 saturated carbocycles. The Bertz CT molecular complexity index is 2260. The Morgan fingerprint density at radius 3 is 1.45 bits per heavy atom. The van der Waals surface area contributed by atoms with Gasteiger partial charge in [-0.1, -0.05) is 18.2 Å². The Balaban J connectivity index is 1.24. The summed E-state index contributed by atoms with van der Waals surface area (Å²) in [6.07, 6.45) is 10.0. The van der Waals surface area contributed by atoms with Gasteiger partial charge in [0.25, 0.3) is 6.47 Å². The highest BCUT2D eigenvalue weighted by Crippen LogP contribution is 2.33. The predicted molar refractivity (Wildman–Crippen MR) is 184 cm³/mol. The number of hydrogen-bond donors (Lipinski definition) is 1. The Morgan fingerprint density at radius 1 is 0.510 bits per heavy atom. The highest BCUT2D eigenvalue weighted by atomic mass is 16.5. The number of carboxylic acids is 1. The van der Waals surface area contributed by atoms with E-state index in [2.05, 4.69) is 38.1 Å². The highest BCUT2D eigenvalue weighted by molar-refractivity contribution is 5.87. The van der Waals surface area contributed by atoms with Crippen LogP contribution in [0.25, 0.3) is 67.5 Å². The molecule has 0 atom stereocenters. The van der Waals surface area contributed by atoms with E-state index in [1.807, 2.05) is 67.8 Å². The van der Waals surface area contributed by atoms with Gasteiger partial charge in [0.2, 0.25) is 0 Å². The lowest BCUT2D eigenvalue weighted by molar-refractivity contribution is -0.120. The van der Waals surface area contributed by atoms with Crippen molar-refractivity contribution in [3.63, 3.8) is 0 Å². The first-order chi connectivity index (χ1) is 23.9. The van der Waals surface area contributed by atoms with E-state index in [0.717, 1.165) is 56.0 Å². The average molecular weight is 643 g/mol. The number of benzene rings is 1. The van der Waals surface area contributed by atoms with E-state index in [0.29, 0.717) is 29.3 Å². The lowest BCUT2D eigenvalue weighted by Gasteiger charge is -2.12. The van der Waals surface area contributed by atoms with Gasteiger partial charge in [0.05, 0.1) is 45.9 Å². The molecule has 0 fully saturated rings. The fraction of sp³-hybridized carbons (Fsp3) is 0.0256. The van der Waals surface area contributed by atoms with Crippen LogP contribution in [0.2, 0.25) is 0 Å². The summed E-state index contributed by atoms with van der Waals surface area (Å²) in [5.41, 5.74) is 10.8. The van der Waals surface area contributed by atoms with Crippen LogP contribution in [0.15, 0.2) is 128 Å². The van der Waals surface area contributed by atoms with Crippen LogP contribution in [0.5, 0.6) is 5.75 Å². The first kappa shape index (κ1) is 30.7. The molecule has 7 rings (SSSR count). The molecule has 0 aliphatic heterocycles. The van der Waals surface area contributed by atoms with Crippen LogP contribution in [0.4, 0.5) is 0 Å². The zero-order chi connectivity index (χ0) is 33.7. The van der Waals surface area contributed by atoms with Crippen LogP contribution < -0.4 is 4.74 Å². The van der Waals surface area contributed by atoms with Crippen LogP contribution in [-0.2, 0) is 4.79 Å². The van der Waals surface area contributed by atoms with Crippen molar-refractivity contribution in [2.45, 2.75) is 6.92 Å². The Kier molecular flexibility index (Phi) is 8.41. The minimum absolute atomic E-state index is 0.113. The zero-order valence-electron chi connectivity index (χ0n) is 26.1. The first-order valence-electron chi connectivity index (χ1n) is 15.2. The third kappa shape index (κ3) is 6.79. The summed E-state index contributed by atoms with van der Waals surface area (Å²) in [5, 5.41) is 9.20. The number of aryl methyl sites for hydroxylation is 1. The Hall–Kier alpha value is -6.94. The van der Waals surface area contributed by atoms with Gasteiger partial charge >= 0.3 is 5.97 Å². The Morgan fingerprint density at radius 2 is 0.980 bits per heavy atom. The number of carbonyl (C=O) groups excluding carboxylic acids is 1. The molecule has 6 heterocycles. The van der Waals surface area contributed by atoms with Crippen molar-refractivity contribution in [2.75, 3.05) is 0 Å². The third-order valence-electron chi connectivity index (χ3n) is 7.85. The summed E-state index contributed by atoms with van der Waals surface area (Å²) >= 11 is 0. The number of pyridine rings is 6. The number of aromatic carboxylic acids is 1. The molecule has 0 radical (unpaired) electrons. The number of carboxylic acid groups (broad SMARTS) is 1. The van der Waals surface area contributed by atoms with Gasteiger partial charge < -0.3 is 9.84 Å². The summed E-state index contributed by atoms with van der Waals surface area (Å²) in [5.74, 6) is -0.671. The van der Waals surface area contributed by atoms with Crippen LogP contribution in [0.3, 0.4) is 0 Å². The maximum Gasteiger partial charge on any atom is 0.337 e. The van der Waals surface area contributed by atoms with Gasteiger partial charge in [0.15, 0.2) is 0 Å². The normalized spacial score (nSPS) is 10.8. The summed E-state index contributed by atoms with van der Waals surface area (Å²) in [6.45, 7) is 2.36. The molecule has 7 aromatic rings. The minimum atomic E-state index is -1.03. The lowest BCUT2D eigenvalue weighted by atomic mass is 9.95. The van der Waals surface area contributed by atoms with E-state index in [9.17, 15) is 14.7 Å². The second-order valence-electron chi connectivity index (χ2n) is 11.1. The van der Waals surface area contributed by atoms with Gasteiger partial charge in [-0.3, -0.25) is 34.7 Å². The van der Waals surface area contributed by atoms with Crippen LogP contribution >= 0.6 is 0 Å². The maximum absolute atomic E-state index is 11.2. The molecule has 10 nitrogen and oxygen atoms in total. The number of ether oxygens (including phenoxy) is 1. The zero-order valence-corrected chi connectivity index (χ0v) is 26.1. The van der Waals surface area contributed by atoms with Gasteiger partial charge in [-0.05, 0) is 96.4 Å². The van der Waals surface area contributed by atoms with Gasteiger partial charge in [0, 0.05) is 53.2 Å². The largest absolute Gasteiger partial charge is 0.478 e. The summed E-state index contributed by atoms with van der Waals surface area (Å²) in [4.78, 5) is 49.1. The van der Waals surface area contributed by atoms with E-state index in [-0.39, 0.29) is 5.56 Å². The quantitative estimate of drug-likeness (QED) is 0.156. The molecule has 0 bridgehead atoms. The van der Waals surface area contributed by atoms with E-state index >= 15 is 0 Å². The molecule has 236 valence electrons. The fourth-order valence-electron chi connectivity index (χ4n) is 5.22. The van der Waals surface area contributed by atoms with Crippen molar-refractivity contribution in [2.24, 2.45) is 0 Å². The lowest BCUT2D eigenvalue weighted by Crippen LogP contribution is -1.97. The second-order valence-corrected chi connectivity index (χ2v) is 11.1. The second kappa shape index (κ2) is 13.4. The maximum atomic E-state index is 11.2. The van der Waals surface area contributed by atoms with E-state index in [4.69, 9.17) is 14.7 Å². The van der Waals surface area contributed by atoms with Crippen molar-refractivity contribution in [3.8, 4) is 73.3 Å². The molecule has 1 N–H and O–H groups in total. The molecule has 0 amide bonds. The first-order valence-corrected chi connectivity index (χ1v) is 15.2.